The van der Waals surface area contributed by atoms with Crippen molar-refractivity contribution in [1.82, 2.24) is 4.98 Å². The van der Waals surface area contributed by atoms with E-state index in [0.29, 0.717) is 11.3 Å². The smallest absolute Gasteiger partial charge is 0.0902 e. The fourth-order valence-electron chi connectivity index (χ4n) is 6.93. The first-order chi connectivity index (χ1) is 24.7. The van der Waals surface area contributed by atoms with Crippen LogP contribution in [0.1, 0.15) is 22.3 Å². The molecule has 50 heavy (non-hydrogen) atoms. The van der Waals surface area contributed by atoms with E-state index in [4.69, 9.17) is 20.4 Å². The molecule has 234 valence electrons. The summed E-state index contributed by atoms with van der Waals surface area (Å²) >= 11 is 0. The molecular formula is C45H29N5. The molecule has 5 aromatic rings. The quantitative estimate of drug-likeness (QED) is 0.189. The van der Waals surface area contributed by atoms with Crippen LogP contribution in [0, 0.1) is 5.41 Å². The highest BCUT2D eigenvalue weighted by atomic mass is 14.9. The largest absolute Gasteiger partial charge is 0.354 e. The summed E-state index contributed by atoms with van der Waals surface area (Å²) in [6.07, 6.45) is 10.3. The number of nitrogens with one attached hydrogen (secondary N) is 2. The van der Waals surface area contributed by atoms with Gasteiger partial charge in [0.2, 0.25) is 0 Å². The van der Waals surface area contributed by atoms with E-state index in [1.165, 1.54) is 0 Å². The summed E-state index contributed by atoms with van der Waals surface area (Å²) < 4.78 is 0. The molecule has 1 aromatic heterocycles. The maximum atomic E-state index is 8.43. The highest BCUT2D eigenvalue weighted by molar-refractivity contribution is 6.37. The lowest BCUT2D eigenvalue weighted by molar-refractivity contribution is 1.25. The van der Waals surface area contributed by atoms with Crippen LogP contribution in [0.3, 0.4) is 0 Å². The highest BCUT2D eigenvalue weighted by Gasteiger charge is 2.28. The van der Waals surface area contributed by atoms with Crippen LogP contribution in [0.25, 0.3) is 22.3 Å². The number of allylic oxidation sites excluding steroid dienone is 8. The molecule has 5 nitrogen and oxygen atoms in total. The van der Waals surface area contributed by atoms with Crippen LogP contribution in [0.15, 0.2) is 201 Å². The maximum Gasteiger partial charge on any atom is 0.0902 e. The van der Waals surface area contributed by atoms with Gasteiger partial charge in [-0.25, -0.2) is 15.0 Å². The van der Waals surface area contributed by atoms with Gasteiger partial charge in [-0.15, -0.1) is 0 Å². The normalized spacial score (nSPS) is 16.4. The number of aromatic amines is 1. The van der Waals surface area contributed by atoms with Crippen molar-refractivity contribution in [3.05, 3.63) is 219 Å². The zero-order chi connectivity index (χ0) is 33.4. The molecule has 0 fully saturated rings. The van der Waals surface area contributed by atoms with Crippen LogP contribution in [0.2, 0.25) is 0 Å². The number of fused-ring (bicyclic) bond motifs is 5. The van der Waals surface area contributed by atoms with E-state index in [0.717, 1.165) is 83.8 Å². The minimum absolute atomic E-state index is 0.602. The van der Waals surface area contributed by atoms with Gasteiger partial charge in [0.1, 0.15) is 0 Å². The van der Waals surface area contributed by atoms with Crippen molar-refractivity contribution in [2.45, 2.75) is 0 Å². The Morgan fingerprint density at radius 3 is 1.42 bits per heavy atom. The van der Waals surface area contributed by atoms with Gasteiger partial charge >= 0.3 is 0 Å². The second-order valence-electron chi connectivity index (χ2n) is 12.2. The Morgan fingerprint density at radius 2 is 0.880 bits per heavy atom. The van der Waals surface area contributed by atoms with E-state index in [1.807, 2.05) is 66.7 Å². The average molecular weight is 640 g/mol. The van der Waals surface area contributed by atoms with Crippen molar-refractivity contribution >= 4 is 45.3 Å². The van der Waals surface area contributed by atoms with Gasteiger partial charge in [-0.2, -0.15) is 0 Å². The lowest BCUT2D eigenvalue weighted by atomic mass is 9.96. The predicted octanol–water partition coefficient (Wildman–Crippen LogP) is 7.78. The summed E-state index contributed by atoms with van der Waals surface area (Å²) in [7, 11) is 0. The lowest BCUT2D eigenvalue weighted by Crippen LogP contribution is -2.22. The van der Waals surface area contributed by atoms with Gasteiger partial charge < -0.3 is 4.98 Å². The zero-order valence-electron chi connectivity index (χ0n) is 26.9. The average Bonchev–Trinajstić information content (AvgIpc) is 4.00. The van der Waals surface area contributed by atoms with Crippen LogP contribution in [0.5, 0.6) is 0 Å². The van der Waals surface area contributed by atoms with Gasteiger partial charge in [0, 0.05) is 33.0 Å². The summed E-state index contributed by atoms with van der Waals surface area (Å²) in [4.78, 5) is 19.7. The third-order valence-electron chi connectivity index (χ3n) is 9.18. The van der Waals surface area contributed by atoms with E-state index in [-0.39, 0.29) is 0 Å². The molecule has 2 N–H and O–H groups in total. The number of rotatable bonds is 4. The van der Waals surface area contributed by atoms with E-state index in [9.17, 15) is 0 Å². The minimum atomic E-state index is 0.602. The summed E-state index contributed by atoms with van der Waals surface area (Å²) in [5.41, 5.74) is 13.1. The molecule has 0 amide bonds. The van der Waals surface area contributed by atoms with Crippen LogP contribution in [0.4, 0.5) is 0 Å². The minimum Gasteiger partial charge on any atom is -0.354 e. The Bertz CT molecular complexity index is 2640. The van der Waals surface area contributed by atoms with E-state index in [1.54, 1.807) is 0 Å². The molecule has 0 atom stereocenters. The van der Waals surface area contributed by atoms with Gasteiger partial charge in [-0.05, 0) is 70.6 Å². The number of aromatic nitrogens is 1. The van der Waals surface area contributed by atoms with Gasteiger partial charge in [0.15, 0.2) is 0 Å². The first-order valence-electron chi connectivity index (χ1n) is 16.5. The van der Waals surface area contributed by atoms with Crippen LogP contribution in [-0.4, -0.2) is 28.0 Å². The van der Waals surface area contributed by atoms with Gasteiger partial charge in [-0.1, -0.05) is 121 Å². The summed E-state index contributed by atoms with van der Waals surface area (Å²) in [5, 5.41) is 10.2. The van der Waals surface area contributed by atoms with Crippen molar-refractivity contribution in [2.24, 2.45) is 15.0 Å². The standard InChI is InChI=1S/C45H29N5/c46-28-33-27-40-43(31-17-9-3-10-18-31)38-24-23-36(48-38)41(29-13-5-1-6-14-29)34-21-22-35(47-34)42(30-15-7-2-8-16-30)37-25-26-39(49-37)44(45(33)50-40)32-19-11-4-12-20-32/h1-27,46,49H. The second-order valence-corrected chi connectivity index (χ2v) is 12.2. The topological polar surface area (TPSA) is 76.7 Å². The van der Waals surface area contributed by atoms with Gasteiger partial charge in [0.05, 0.1) is 39.8 Å². The van der Waals surface area contributed by atoms with Crippen molar-refractivity contribution in [2.75, 3.05) is 0 Å². The fourth-order valence-corrected chi connectivity index (χ4v) is 6.93. The molecule has 4 aliphatic heterocycles. The van der Waals surface area contributed by atoms with Crippen molar-refractivity contribution in [3.63, 3.8) is 0 Å². The van der Waals surface area contributed by atoms with E-state index < -0.39 is 0 Å². The third kappa shape index (κ3) is 5.06. The molecule has 5 heterocycles. The molecule has 8 bridgehead atoms. The Labute approximate surface area is 289 Å². The molecule has 0 saturated heterocycles. The Kier molecular flexibility index (Phi) is 7.16. The molecule has 0 radical (unpaired) electrons. The Hall–Kier alpha value is -6.94. The molecular weight excluding hydrogens is 611 g/mol. The molecule has 0 spiro atoms. The first-order valence-corrected chi connectivity index (χ1v) is 16.5. The molecule has 0 saturated carbocycles. The zero-order valence-corrected chi connectivity index (χ0v) is 26.9. The van der Waals surface area contributed by atoms with Crippen molar-refractivity contribution in [1.29, 1.82) is 5.41 Å². The number of aliphatic imine (C=N–C) groups is 3. The molecule has 4 aromatic carbocycles. The highest BCUT2D eigenvalue weighted by Crippen LogP contribution is 2.38. The first kappa shape index (κ1) is 29.2. The van der Waals surface area contributed by atoms with Crippen LogP contribution >= 0.6 is 0 Å². The molecule has 0 aliphatic carbocycles. The van der Waals surface area contributed by atoms with Gasteiger partial charge in [-0.3, -0.25) is 5.41 Å². The number of hydrogen-bond donors (Lipinski definition) is 2. The molecule has 9 rings (SSSR count). The molecule has 5 heteroatoms. The lowest BCUT2D eigenvalue weighted by Gasteiger charge is -2.11. The van der Waals surface area contributed by atoms with Crippen LogP contribution < -0.4 is 10.7 Å². The third-order valence-corrected chi connectivity index (χ3v) is 9.18. The summed E-state index contributed by atoms with van der Waals surface area (Å²) in [6.45, 7) is 0. The SMILES string of the molecule is N=C=C1C=C2N=C1C(c1ccccc1)=c1ccc([nH]1)=C(c1ccccc1)C1=NC(=C(c3ccccc3)C3=NC(=C2c2ccccc2)C=C3)C=C1. The summed E-state index contributed by atoms with van der Waals surface area (Å²) in [6, 6.07) is 45.3. The molecule has 4 aliphatic rings. The van der Waals surface area contributed by atoms with E-state index >= 15 is 0 Å². The Balaban J connectivity index is 1.43. The predicted molar refractivity (Wildman–Crippen MR) is 205 cm³/mol. The Morgan fingerprint density at radius 1 is 0.440 bits per heavy atom. The van der Waals surface area contributed by atoms with Crippen molar-refractivity contribution in [3.8, 4) is 0 Å². The number of benzene rings is 4. The number of H-pyrrole nitrogens is 1. The van der Waals surface area contributed by atoms with E-state index in [2.05, 4.69) is 108 Å². The maximum absolute atomic E-state index is 8.43. The van der Waals surface area contributed by atoms with Crippen molar-refractivity contribution < 1.29 is 0 Å². The van der Waals surface area contributed by atoms with Gasteiger partial charge in [0.25, 0.3) is 0 Å². The monoisotopic (exact) mass is 639 g/mol. The fraction of sp³-hybridized carbons (Fsp3) is 0. The van der Waals surface area contributed by atoms with Crippen LogP contribution in [-0.2, 0) is 0 Å². The number of hydrogen-bond acceptors (Lipinski definition) is 4. The number of nitrogens with zero attached hydrogens (tertiary/aromatic N) is 3. The molecule has 0 unspecified atom stereocenters. The second kappa shape index (κ2) is 12.3. The summed E-state index contributed by atoms with van der Waals surface area (Å²) in [5.74, 6) is 2.72.